The number of rotatable bonds is 5. The highest BCUT2D eigenvalue weighted by Gasteiger charge is 2.37. The average Bonchev–Trinajstić information content (AvgIpc) is 2.86. The molecule has 1 atom stereocenters. The Morgan fingerprint density at radius 1 is 1.33 bits per heavy atom. The first kappa shape index (κ1) is 15.8. The van der Waals surface area contributed by atoms with Crippen LogP contribution in [0.3, 0.4) is 0 Å². The molecule has 3 N–H and O–H groups in total. The summed E-state index contributed by atoms with van der Waals surface area (Å²) in [6, 6.07) is 6.01. The number of ether oxygens (including phenoxy) is 1. The third kappa shape index (κ3) is 3.76. The van der Waals surface area contributed by atoms with Crippen molar-refractivity contribution in [1.82, 2.24) is 5.32 Å². The Labute approximate surface area is 127 Å². The first-order chi connectivity index (χ1) is 9.92. The van der Waals surface area contributed by atoms with E-state index in [1.807, 2.05) is 39.0 Å². The second-order valence-electron chi connectivity index (χ2n) is 6.27. The normalized spacial score (nSPS) is 18.3. The van der Waals surface area contributed by atoms with Gasteiger partial charge in [0.1, 0.15) is 12.4 Å². The first-order valence-electron chi connectivity index (χ1n) is 7.71. The summed E-state index contributed by atoms with van der Waals surface area (Å²) in [5.74, 6) is 0.861. The lowest BCUT2D eigenvalue weighted by Gasteiger charge is -2.25. The number of benzene rings is 1. The molecule has 0 bridgehead atoms. The molecule has 1 aliphatic rings. The third-order valence-corrected chi connectivity index (χ3v) is 4.21. The molecule has 1 aromatic rings. The van der Waals surface area contributed by atoms with E-state index in [1.165, 1.54) is 0 Å². The number of amides is 1. The molecule has 4 nitrogen and oxygen atoms in total. The maximum atomic E-state index is 12.2. The number of hydrogen-bond acceptors (Lipinski definition) is 3. The van der Waals surface area contributed by atoms with E-state index in [0.717, 1.165) is 42.6 Å². The molecule has 0 radical (unpaired) electrons. The van der Waals surface area contributed by atoms with Gasteiger partial charge in [0.05, 0.1) is 11.6 Å². The molecule has 0 spiro atoms. The van der Waals surface area contributed by atoms with Gasteiger partial charge in [0.15, 0.2) is 0 Å². The lowest BCUT2D eigenvalue weighted by atomic mass is 9.98. The standard InChI is InChI=1S/C17H26N2O2/c1-12-7-6-8-13(2)15(12)21-11-14(3)19-16(20)17(18)9-4-5-10-17/h6-8,14H,4-5,9-11,18H2,1-3H3,(H,19,20). The molecular formula is C17H26N2O2. The number of aryl methyl sites for hydroxylation is 2. The van der Waals surface area contributed by atoms with Crippen molar-refractivity contribution in [3.05, 3.63) is 29.3 Å². The summed E-state index contributed by atoms with van der Waals surface area (Å²) < 4.78 is 5.87. The fourth-order valence-corrected chi connectivity index (χ4v) is 2.88. The van der Waals surface area contributed by atoms with Gasteiger partial charge in [0, 0.05) is 0 Å². The van der Waals surface area contributed by atoms with Crippen LogP contribution in [0.25, 0.3) is 0 Å². The van der Waals surface area contributed by atoms with Crippen molar-refractivity contribution in [3.8, 4) is 5.75 Å². The van der Waals surface area contributed by atoms with Crippen LogP contribution >= 0.6 is 0 Å². The molecule has 116 valence electrons. The maximum absolute atomic E-state index is 12.2. The van der Waals surface area contributed by atoms with Crippen molar-refractivity contribution < 1.29 is 9.53 Å². The molecule has 1 saturated carbocycles. The van der Waals surface area contributed by atoms with E-state index in [9.17, 15) is 4.79 Å². The van der Waals surface area contributed by atoms with Crippen LogP contribution in [-0.2, 0) is 4.79 Å². The van der Waals surface area contributed by atoms with E-state index < -0.39 is 5.54 Å². The third-order valence-electron chi connectivity index (χ3n) is 4.21. The summed E-state index contributed by atoms with van der Waals surface area (Å²) in [7, 11) is 0. The van der Waals surface area contributed by atoms with Gasteiger partial charge in [-0.15, -0.1) is 0 Å². The Morgan fingerprint density at radius 3 is 2.48 bits per heavy atom. The van der Waals surface area contributed by atoms with Gasteiger partial charge >= 0.3 is 0 Å². The molecule has 2 rings (SSSR count). The largest absolute Gasteiger partial charge is 0.491 e. The van der Waals surface area contributed by atoms with Crippen molar-refractivity contribution in [2.45, 2.75) is 58.0 Å². The van der Waals surface area contributed by atoms with Gasteiger partial charge in [-0.1, -0.05) is 31.0 Å². The molecule has 0 saturated heterocycles. The quantitative estimate of drug-likeness (QED) is 0.875. The van der Waals surface area contributed by atoms with Crippen LogP contribution in [0.1, 0.15) is 43.7 Å². The van der Waals surface area contributed by atoms with E-state index in [1.54, 1.807) is 0 Å². The fraction of sp³-hybridized carbons (Fsp3) is 0.588. The van der Waals surface area contributed by atoms with Gasteiger partial charge < -0.3 is 15.8 Å². The molecule has 21 heavy (non-hydrogen) atoms. The van der Waals surface area contributed by atoms with Crippen LogP contribution < -0.4 is 15.8 Å². The molecule has 0 aromatic heterocycles. The Hall–Kier alpha value is -1.55. The molecular weight excluding hydrogens is 264 g/mol. The second kappa shape index (κ2) is 6.48. The van der Waals surface area contributed by atoms with Crippen LogP contribution in [0.4, 0.5) is 0 Å². The highest BCUT2D eigenvalue weighted by Crippen LogP contribution is 2.27. The molecule has 1 fully saturated rings. The zero-order valence-corrected chi connectivity index (χ0v) is 13.2. The molecule has 4 heteroatoms. The number of nitrogens with two attached hydrogens (primary N) is 1. The number of carbonyl (C=O) groups excluding carboxylic acids is 1. The van der Waals surface area contributed by atoms with Crippen molar-refractivity contribution in [2.24, 2.45) is 5.73 Å². The summed E-state index contributed by atoms with van der Waals surface area (Å²) in [5.41, 5.74) is 7.70. The number of carbonyl (C=O) groups is 1. The van der Waals surface area contributed by atoms with Gasteiger partial charge in [-0.2, -0.15) is 0 Å². The van der Waals surface area contributed by atoms with Gasteiger partial charge in [-0.25, -0.2) is 0 Å². The van der Waals surface area contributed by atoms with E-state index in [-0.39, 0.29) is 11.9 Å². The number of hydrogen-bond donors (Lipinski definition) is 2. The minimum absolute atomic E-state index is 0.0439. The smallest absolute Gasteiger partial charge is 0.240 e. The van der Waals surface area contributed by atoms with Gasteiger partial charge in [0.25, 0.3) is 0 Å². The zero-order chi connectivity index (χ0) is 15.5. The summed E-state index contributed by atoms with van der Waals surface area (Å²) in [5, 5.41) is 2.98. The molecule has 0 heterocycles. The first-order valence-corrected chi connectivity index (χ1v) is 7.71. The zero-order valence-electron chi connectivity index (χ0n) is 13.2. The van der Waals surface area contributed by atoms with E-state index in [4.69, 9.17) is 10.5 Å². The van der Waals surface area contributed by atoms with Crippen molar-refractivity contribution in [2.75, 3.05) is 6.61 Å². The summed E-state index contributed by atoms with van der Waals surface area (Å²) >= 11 is 0. The second-order valence-corrected chi connectivity index (χ2v) is 6.27. The van der Waals surface area contributed by atoms with Crippen LogP contribution in [0.15, 0.2) is 18.2 Å². The number of nitrogens with one attached hydrogen (secondary N) is 1. The van der Waals surface area contributed by atoms with E-state index in [0.29, 0.717) is 6.61 Å². The summed E-state index contributed by atoms with van der Waals surface area (Å²) in [6.45, 7) is 6.45. The number of para-hydroxylation sites is 1. The summed E-state index contributed by atoms with van der Waals surface area (Å²) in [4.78, 5) is 12.2. The summed E-state index contributed by atoms with van der Waals surface area (Å²) in [6.07, 6.45) is 3.64. The Kier molecular flexibility index (Phi) is 4.88. The topological polar surface area (TPSA) is 64.3 Å². The lowest BCUT2D eigenvalue weighted by Crippen LogP contribution is -2.54. The Balaban J connectivity index is 1.87. The molecule has 1 aromatic carbocycles. The average molecular weight is 290 g/mol. The van der Waals surface area contributed by atoms with Crippen LogP contribution in [0.5, 0.6) is 5.75 Å². The van der Waals surface area contributed by atoms with E-state index in [2.05, 4.69) is 5.32 Å². The van der Waals surface area contributed by atoms with Gasteiger partial charge in [-0.3, -0.25) is 4.79 Å². The minimum atomic E-state index is -0.674. The molecule has 1 unspecified atom stereocenters. The van der Waals surface area contributed by atoms with E-state index >= 15 is 0 Å². The Morgan fingerprint density at radius 2 is 1.90 bits per heavy atom. The van der Waals surface area contributed by atoms with Crippen LogP contribution in [0, 0.1) is 13.8 Å². The van der Waals surface area contributed by atoms with Gasteiger partial charge in [0.2, 0.25) is 5.91 Å². The lowest BCUT2D eigenvalue weighted by molar-refractivity contribution is -0.127. The highest BCUT2D eigenvalue weighted by molar-refractivity contribution is 5.86. The predicted molar refractivity (Wildman–Crippen MR) is 84.4 cm³/mol. The predicted octanol–water partition coefficient (Wildman–Crippen LogP) is 2.46. The van der Waals surface area contributed by atoms with Crippen molar-refractivity contribution in [3.63, 3.8) is 0 Å². The fourth-order valence-electron chi connectivity index (χ4n) is 2.88. The maximum Gasteiger partial charge on any atom is 0.240 e. The van der Waals surface area contributed by atoms with Crippen molar-refractivity contribution in [1.29, 1.82) is 0 Å². The molecule has 1 amide bonds. The molecule has 1 aliphatic carbocycles. The van der Waals surface area contributed by atoms with Crippen molar-refractivity contribution >= 4 is 5.91 Å². The minimum Gasteiger partial charge on any atom is -0.491 e. The van der Waals surface area contributed by atoms with Gasteiger partial charge in [-0.05, 0) is 44.7 Å². The van der Waals surface area contributed by atoms with Crippen LogP contribution in [0.2, 0.25) is 0 Å². The SMILES string of the molecule is Cc1cccc(C)c1OCC(C)NC(=O)C1(N)CCCC1. The molecule has 0 aliphatic heterocycles. The Bertz CT molecular complexity index is 487. The highest BCUT2D eigenvalue weighted by atomic mass is 16.5. The monoisotopic (exact) mass is 290 g/mol. The van der Waals surface area contributed by atoms with Crippen LogP contribution in [-0.4, -0.2) is 24.1 Å².